The lowest BCUT2D eigenvalue weighted by atomic mass is 10.1. The Morgan fingerprint density at radius 2 is 0.964 bits per heavy atom. The highest BCUT2D eigenvalue weighted by Gasteiger charge is 2.04. The minimum absolute atomic E-state index is 0.0518. The lowest BCUT2D eigenvalue weighted by Gasteiger charge is -2.06. The second-order valence-electron chi connectivity index (χ2n) is 8.53. The number of ether oxygens (including phenoxy) is 2. The Bertz CT molecular complexity index is 413. The molecule has 0 saturated carbocycles. The van der Waals surface area contributed by atoms with Crippen LogP contribution in [0.5, 0.6) is 0 Å². The summed E-state index contributed by atoms with van der Waals surface area (Å²) in [5.41, 5.74) is 0. The molecule has 4 heteroatoms. The highest BCUT2D eigenvalue weighted by molar-refractivity contribution is 5.69. The molecule has 0 rings (SSSR count). The molecule has 0 aromatic heterocycles. The van der Waals surface area contributed by atoms with Gasteiger partial charge in [0.15, 0.2) is 0 Å². The van der Waals surface area contributed by atoms with Crippen molar-refractivity contribution in [1.29, 1.82) is 0 Å². The Labute approximate surface area is 173 Å². The zero-order chi connectivity index (χ0) is 21.0. The van der Waals surface area contributed by atoms with Crippen LogP contribution >= 0.6 is 0 Å². The number of rotatable bonds is 18. The lowest BCUT2D eigenvalue weighted by Crippen LogP contribution is -2.09. The molecule has 0 fully saturated rings. The van der Waals surface area contributed by atoms with E-state index in [0.717, 1.165) is 44.9 Å². The Balaban J connectivity index is 3.30. The van der Waals surface area contributed by atoms with E-state index in [1.807, 2.05) is 13.8 Å². The smallest absolute Gasteiger partial charge is 0.305 e. The number of unbranched alkanes of at least 4 members (excludes halogenated alkanes) is 8. The van der Waals surface area contributed by atoms with E-state index in [-0.39, 0.29) is 11.9 Å². The van der Waals surface area contributed by atoms with Crippen LogP contribution in [0.1, 0.15) is 105 Å². The van der Waals surface area contributed by atoms with E-state index in [2.05, 4.69) is 26.0 Å². The first kappa shape index (κ1) is 26.7. The van der Waals surface area contributed by atoms with Crippen molar-refractivity contribution in [2.45, 2.75) is 105 Å². The fourth-order valence-electron chi connectivity index (χ4n) is 2.67. The number of carbonyl (C=O) groups excluding carboxylic acids is 2. The molecule has 4 nitrogen and oxygen atoms in total. The standard InChI is InChI=1S/C24H44O4/c1-21(2)19-27-23(25)17-15-13-11-9-7-5-6-8-10-12-14-16-18-24(26)28-20-22(3)4/h5,7,21-22H,6,8-20H2,1-4H3/b7-5+. The zero-order valence-electron chi connectivity index (χ0n) is 18.8. The summed E-state index contributed by atoms with van der Waals surface area (Å²) in [5.74, 6) is 0.712. The van der Waals surface area contributed by atoms with E-state index in [0.29, 0.717) is 37.9 Å². The third kappa shape index (κ3) is 21.0. The van der Waals surface area contributed by atoms with Crippen LogP contribution in [0.25, 0.3) is 0 Å². The summed E-state index contributed by atoms with van der Waals surface area (Å²) >= 11 is 0. The van der Waals surface area contributed by atoms with Crippen molar-refractivity contribution in [2.24, 2.45) is 11.8 Å². The van der Waals surface area contributed by atoms with Crippen LogP contribution in [-0.2, 0) is 19.1 Å². The maximum Gasteiger partial charge on any atom is 0.305 e. The van der Waals surface area contributed by atoms with Crippen molar-refractivity contribution >= 4 is 11.9 Å². The zero-order valence-corrected chi connectivity index (χ0v) is 18.8. The van der Waals surface area contributed by atoms with E-state index in [1.54, 1.807) is 0 Å². The Hall–Kier alpha value is -1.32. The molecule has 0 amide bonds. The van der Waals surface area contributed by atoms with Crippen molar-refractivity contribution in [3.05, 3.63) is 12.2 Å². The fraction of sp³-hybridized carbons (Fsp3) is 0.833. The van der Waals surface area contributed by atoms with Crippen LogP contribution in [0, 0.1) is 11.8 Å². The highest BCUT2D eigenvalue weighted by Crippen LogP contribution is 2.10. The molecule has 164 valence electrons. The van der Waals surface area contributed by atoms with Crippen molar-refractivity contribution in [1.82, 2.24) is 0 Å². The van der Waals surface area contributed by atoms with Gasteiger partial charge in [-0.15, -0.1) is 0 Å². The van der Waals surface area contributed by atoms with Gasteiger partial charge in [0.2, 0.25) is 0 Å². The molecule has 0 atom stereocenters. The second kappa shape index (κ2) is 19.0. The van der Waals surface area contributed by atoms with Crippen molar-refractivity contribution < 1.29 is 19.1 Å². The van der Waals surface area contributed by atoms with Gasteiger partial charge in [0.05, 0.1) is 13.2 Å². The molecular formula is C24H44O4. The molecule has 0 aliphatic carbocycles. The van der Waals surface area contributed by atoms with Gasteiger partial charge in [0.1, 0.15) is 0 Å². The van der Waals surface area contributed by atoms with Crippen LogP contribution in [0.15, 0.2) is 12.2 Å². The van der Waals surface area contributed by atoms with Crippen LogP contribution in [-0.4, -0.2) is 25.2 Å². The molecule has 0 unspecified atom stereocenters. The lowest BCUT2D eigenvalue weighted by molar-refractivity contribution is -0.145. The minimum atomic E-state index is -0.0586. The summed E-state index contributed by atoms with van der Waals surface area (Å²) in [6.07, 6.45) is 16.7. The van der Waals surface area contributed by atoms with Gasteiger partial charge >= 0.3 is 11.9 Å². The summed E-state index contributed by atoms with van der Waals surface area (Å²) in [4.78, 5) is 23.0. The first-order valence-electron chi connectivity index (χ1n) is 11.4. The van der Waals surface area contributed by atoms with Crippen molar-refractivity contribution in [3.63, 3.8) is 0 Å². The molecule has 0 spiro atoms. The first-order chi connectivity index (χ1) is 13.4. The van der Waals surface area contributed by atoms with Gasteiger partial charge in [-0.25, -0.2) is 0 Å². The van der Waals surface area contributed by atoms with E-state index < -0.39 is 0 Å². The predicted molar refractivity (Wildman–Crippen MR) is 116 cm³/mol. The third-order valence-electron chi connectivity index (χ3n) is 4.33. The summed E-state index contributed by atoms with van der Waals surface area (Å²) in [7, 11) is 0. The van der Waals surface area contributed by atoms with Gasteiger partial charge in [0.25, 0.3) is 0 Å². The molecule has 0 saturated heterocycles. The van der Waals surface area contributed by atoms with E-state index in [4.69, 9.17) is 9.47 Å². The van der Waals surface area contributed by atoms with Gasteiger partial charge < -0.3 is 9.47 Å². The third-order valence-corrected chi connectivity index (χ3v) is 4.33. The van der Waals surface area contributed by atoms with E-state index in [9.17, 15) is 9.59 Å². The molecule has 0 aromatic carbocycles. The summed E-state index contributed by atoms with van der Waals surface area (Å²) < 4.78 is 10.3. The average molecular weight is 397 g/mol. The highest BCUT2D eigenvalue weighted by atomic mass is 16.5. The summed E-state index contributed by atoms with van der Waals surface area (Å²) in [5, 5.41) is 0. The van der Waals surface area contributed by atoms with Crippen molar-refractivity contribution in [2.75, 3.05) is 13.2 Å². The summed E-state index contributed by atoms with van der Waals surface area (Å²) in [6.45, 7) is 9.27. The molecule has 0 radical (unpaired) electrons. The number of allylic oxidation sites excluding steroid dienone is 2. The predicted octanol–water partition coefficient (Wildman–Crippen LogP) is 6.62. The Morgan fingerprint density at radius 1 is 0.607 bits per heavy atom. The van der Waals surface area contributed by atoms with E-state index >= 15 is 0 Å². The van der Waals surface area contributed by atoms with Gasteiger partial charge in [-0.1, -0.05) is 65.5 Å². The molecule has 0 aliphatic rings. The van der Waals surface area contributed by atoms with Gasteiger partial charge in [-0.3, -0.25) is 9.59 Å². The van der Waals surface area contributed by atoms with Crippen LogP contribution < -0.4 is 0 Å². The molecule has 0 N–H and O–H groups in total. The Kier molecular flexibility index (Phi) is 18.1. The quantitative estimate of drug-likeness (QED) is 0.148. The molecule has 0 aliphatic heterocycles. The maximum absolute atomic E-state index is 11.5. The average Bonchev–Trinajstić information content (AvgIpc) is 2.64. The van der Waals surface area contributed by atoms with Gasteiger partial charge in [-0.05, 0) is 50.4 Å². The fourth-order valence-corrected chi connectivity index (χ4v) is 2.67. The first-order valence-corrected chi connectivity index (χ1v) is 11.4. The monoisotopic (exact) mass is 396 g/mol. The number of hydrogen-bond donors (Lipinski definition) is 0. The number of hydrogen-bond acceptors (Lipinski definition) is 4. The van der Waals surface area contributed by atoms with E-state index in [1.165, 1.54) is 19.3 Å². The molecule has 0 heterocycles. The van der Waals surface area contributed by atoms with Gasteiger partial charge in [0, 0.05) is 12.8 Å². The molecule has 0 aromatic rings. The maximum atomic E-state index is 11.5. The SMILES string of the molecule is CC(C)COC(=O)CCCCC/C=C/CCCCCCCC(=O)OCC(C)C. The second-order valence-corrected chi connectivity index (χ2v) is 8.53. The number of esters is 2. The van der Waals surface area contributed by atoms with Crippen LogP contribution in [0.2, 0.25) is 0 Å². The molecular weight excluding hydrogens is 352 g/mol. The van der Waals surface area contributed by atoms with Crippen LogP contribution in [0.3, 0.4) is 0 Å². The number of carbonyl (C=O) groups is 2. The van der Waals surface area contributed by atoms with Crippen molar-refractivity contribution in [3.8, 4) is 0 Å². The molecule has 28 heavy (non-hydrogen) atoms. The largest absolute Gasteiger partial charge is 0.465 e. The Morgan fingerprint density at radius 3 is 1.39 bits per heavy atom. The topological polar surface area (TPSA) is 52.6 Å². The molecule has 0 bridgehead atoms. The minimum Gasteiger partial charge on any atom is -0.465 e. The normalized spacial score (nSPS) is 11.5. The summed E-state index contributed by atoms with van der Waals surface area (Å²) in [6, 6.07) is 0. The van der Waals surface area contributed by atoms with Gasteiger partial charge in [-0.2, -0.15) is 0 Å². The van der Waals surface area contributed by atoms with Crippen LogP contribution in [0.4, 0.5) is 0 Å².